The fraction of sp³-hybridized carbons (Fsp3) is 0. The monoisotopic (exact) mass is 228 g/mol. The second-order valence-corrected chi connectivity index (χ2v) is 1.81. The second-order valence-electron chi connectivity index (χ2n) is 1.81. The van der Waals surface area contributed by atoms with Gasteiger partial charge in [0.2, 0.25) is 12.6 Å². The first-order valence-corrected chi connectivity index (χ1v) is 3.60. The van der Waals surface area contributed by atoms with Gasteiger partial charge in [0.05, 0.1) is 0 Å². The van der Waals surface area contributed by atoms with Crippen molar-refractivity contribution in [1.29, 1.82) is 0 Å². The predicted octanol–water partition coefficient (Wildman–Crippen LogP) is -0.984. The van der Waals surface area contributed by atoms with Crippen molar-refractivity contribution >= 4 is 24.5 Å². The molecule has 0 bridgehead atoms. The maximum atomic E-state index is 9.00. The molecule has 16 heavy (non-hydrogen) atoms. The van der Waals surface area contributed by atoms with Crippen LogP contribution < -0.4 is 0 Å². The molecule has 0 aromatic carbocycles. The summed E-state index contributed by atoms with van der Waals surface area (Å²) in [6.45, 7) is 0. The molecule has 0 aliphatic carbocycles. The van der Waals surface area contributed by atoms with Crippen molar-refractivity contribution in [1.82, 2.24) is 9.97 Å². The summed E-state index contributed by atoms with van der Waals surface area (Å²) < 4.78 is 0. The van der Waals surface area contributed by atoms with Gasteiger partial charge in [0.15, 0.2) is 0 Å². The molecule has 1 rings (SSSR count). The molecule has 8 nitrogen and oxygen atoms in total. The highest BCUT2D eigenvalue weighted by Gasteiger charge is 1.81. The molecule has 0 saturated heterocycles. The molecule has 0 fully saturated rings. The number of aromatic nitrogens is 2. The number of carbonyl (C=O) groups excluding carboxylic acids is 2. The van der Waals surface area contributed by atoms with Crippen LogP contribution in [-0.2, 0) is 19.2 Å². The van der Waals surface area contributed by atoms with Gasteiger partial charge in [0, 0.05) is 24.8 Å². The topological polar surface area (TPSA) is 135 Å². The molecule has 0 radical (unpaired) electrons. The second kappa shape index (κ2) is 12.4. The van der Waals surface area contributed by atoms with Crippen molar-refractivity contribution in [2.75, 3.05) is 0 Å². The third-order valence-electron chi connectivity index (χ3n) is 0.679. The van der Waals surface area contributed by atoms with E-state index in [-0.39, 0.29) is 12.6 Å². The molecule has 0 amide bonds. The van der Waals surface area contributed by atoms with Crippen LogP contribution >= 0.6 is 0 Å². The summed E-state index contributed by atoms with van der Waals surface area (Å²) >= 11 is 0. The first-order valence-electron chi connectivity index (χ1n) is 3.60. The SMILES string of the molecule is O=CC(=O)O.O=CC(=O)O.c1cnccn1. The van der Waals surface area contributed by atoms with E-state index in [2.05, 4.69) is 9.97 Å². The van der Waals surface area contributed by atoms with E-state index in [1.165, 1.54) is 0 Å². The Balaban J connectivity index is 0. The molecule has 1 aromatic rings. The van der Waals surface area contributed by atoms with Crippen LogP contribution in [0, 0.1) is 0 Å². The van der Waals surface area contributed by atoms with Crippen molar-refractivity contribution < 1.29 is 29.4 Å². The first kappa shape index (κ1) is 15.8. The van der Waals surface area contributed by atoms with Gasteiger partial charge >= 0.3 is 11.9 Å². The van der Waals surface area contributed by atoms with E-state index >= 15 is 0 Å². The van der Waals surface area contributed by atoms with Gasteiger partial charge < -0.3 is 10.2 Å². The smallest absolute Gasteiger partial charge is 0.368 e. The Kier molecular flexibility index (Phi) is 12.2. The molecular formula is C8H8N2O6. The lowest BCUT2D eigenvalue weighted by atomic mass is 10.8. The zero-order valence-electron chi connectivity index (χ0n) is 7.89. The highest BCUT2D eigenvalue weighted by atomic mass is 16.4. The van der Waals surface area contributed by atoms with Crippen LogP contribution in [0.3, 0.4) is 0 Å². The Labute approximate surface area is 89.6 Å². The van der Waals surface area contributed by atoms with Gasteiger partial charge in [-0.1, -0.05) is 0 Å². The molecule has 2 N–H and O–H groups in total. The van der Waals surface area contributed by atoms with E-state index in [1.807, 2.05) is 0 Å². The predicted molar refractivity (Wildman–Crippen MR) is 49.4 cm³/mol. The van der Waals surface area contributed by atoms with Crippen molar-refractivity contribution in [3.05, 3.63) is 24.8 Å². The molecule has 0 spiro atoms. The van der Waals surface area contributed by atoms with Crippen LogP contribution in [0.2, 0.25) is 0 Å². The summed E-state index contributed by atoms with van der Waals surface area (Å²) in [5.41, 5.74) is 0. The lowest BCUT2D eigenvalue weighted by Gasteiger charge is -1.70. The van der Waals surface area contributed by atoms with E-state index in [4.69, 9.17) is 29.4 Å². The molecular weight excluding hydrogens is 220 g/mol. The molecule has 0 aliphatic heterocycles. The first-order chi connectivity index (χ1) is 7.54. The molecule has 0 atom stereocenters. The Morgan fingerprint density at radius 2 is 1.00 bits per heavy atom. The van der Waals surface area contributed by atoms with Gasteiger partial charge in [-0.3, -0.25) is 19.6 Å². The van der Waals surface area contributed by atoms with Crippen LogP contribution in [0.25, 0.3) is 0 Å². The van der Waals surface area contributed by atoms with Crippen LogP contribution in [0.4, 0.5) is 0 Å². The van der Waals surface area contributed by atoms with Gasteiger partial charge in [-0.25, -0.2) is 9.59 Å². The van der Waals surface area contributed by atoms with E-state index in [0.29, 0.717) is 0 Å². The highest BCUT2D eigenvalue weighted by Crippen LogP contribution is 1.65. The summed E-state index contributed by atoms with van der Waals surface area (Å²) in [7, 11) is 0. The Bertz CT molecular complexity index is 282. The Hall–Kier alpha value is -2.64. The highest BCUT2D eigenvalue weighted by molar-refractivity contribution is 6.19. The fourth-order valence-electron chi connectivity index (χ4n) is 0.253. The average Bonchev–Trinajstić information content (AvgIpc) is 2.32. The molecule has 1 heterocycles. The van der Waals surface area contributed by atoms with Crippen molar-refractivity contribution in [2.24, 2.45) is 0 Å². The third-order valence-corrected chi connectivity index (χ3v) is 0.679. The van der Waals surface area contributed by atoms with Gasteiger partial charge in [0.1, 0.15) is 0 Å². The van der Waals surface area contributed by atoms with Crippen LogP contribution in [0.15, 0.2) is 24.8 Å². The van der Waals surface area contributed by atoms with Crippen LogP contribution in [-0.4, -0.2) is 44.7 Å². The summed E-state index contributed by atoms with van der Waals surface area (Å²) in [6, 6.07) is 0. The Morgan fingerprint density at radius 3 is 1.06 bits per heavy atom. The average molecular weight is 228 g/mol. The molecule has 1 aromatic heterocycles. The summed E-state index contributed by atoms with van der Waals surface area (Å²) in [5, 5.41) is 14.7. The van der Waals surface area contributed by atoms with Gasteiger partial charge in [-0.15, -0.1) is 0 Å². The lowest BCUT2D eigenvalue weighted by molar-refractivity contribution is -0.143. The van der Waals surface area contributed by atoms with E-state index < -0.39 is 11.9 Å². The zero-order chi connectivity index (χ0) is 12.8. The standard InChI is InChI=1S/C4H4N2.2C2H2O3/c1-2-6-4-3-5-1;2*3-1-2(4)5/h1-4H;2*1H,(H,4,5). The molecule has 8 heteroatoms. The number of aldehydes is 2. The number of carboxylic acid groups (broad SMARTS) is 2. The van der Waals surface area contributed by atoms with Crippen molar-refractivity contribution in [3.63, 3.8) is 0 Å². The molecule has 0 unspecified atom stereocenters. The molecule has 0 saturated carbocycles. The van der Waals surface area contributed by atoms with Crippen LogP contribution in [0.5, 0.6) is 0 Å². The normalized spacial score (nSPS) is 7.00. The largest absolute Gasteiger partial charge is 0.476 e. The quantitative estimate of drug-likeness (QED) is 0.486. The number of carboxylic acids is 2. The number of rotatable bonds is 2. The Morgan fingerprint density at radius 1 is 0.812 bits per heavy atom. The fourth-order valence-corrected chi connectivity index (χ4v) is 0.253. The third kappa shape index (κ3) is 22.5. The number of hydrogen-bond donors (Lipinski definition) is 2. The van der Waals surface area contributed by atoms with E-state index in [1.54, 1.807) is 24.8 Å². The minimum Gasteiger partial charge on any atom is -0.476 e. The summed E-state index contributed by atoms with van der Waals surface area (Å²) in [6.07, 6.45) is 6.22. The van der Waals surface area contributed by atoms with E-state index in [0.717, 1.165) is 0 Å². The van der Waals surface area contributed by atoms with Crippen molar-refractivity contribution in [2.45, 2.75) is 0 Å². The maximum absolute atomic E-state index is 9.00. The summed E-state index contributed by atoms with van der Waals surface area (Å²) in [5.74, 6) is -2.85. The number of hydrogen-bond acceptors (Lipinski definition) is 6. The number of carbonyl (C=O) groups is 4. The van der Waals surface area contributed by atoms with Gasteiger partial charge in [0.25, 0.3) is 0 Å². The van der Waals surface area contributed by atoms with Crippen LogP contribution in [0.1, 0.15) is 0 Å². The molecule has 0 aliphatic rings. The van der Waals surface area contributed by atoms with Gasteiger partial charge in [-0.2, -0.15) is 0 Å². The lowest BCUT2D eigenvalue weighted by Crippen LogP contribution is -1.91. The minimum atomic E-state index is -1.43. The maximum Gasteiger partial charge on any atom is 0.368 e. The van der Waals surface area contributed by atoms with Gasteiger partial charge in [-0.05, 0) is 0 Å². The summed E-state index contributed by atoms with van der Waals surface area (Å²) in [4.78, 5) is 43.3. The molecule has 86 valence electrons. The van der Waals surface area contributed by atoms with Crippen molar-refractivity contribution in [3.8, 4) is 0 Å². The van der Waals surface area contributed by atoms with E-state index in [9.17, 15) is 0 Å². The zero-order valence-corrected chi connectivity index (χ0v) is 7.89. The number of aliphatic carboxylic acids is 2. The number of nitrogens with zero attached hydrogens (tertiary/aromatic N) is 2. The minimum absolute atomic E-state index is 0.167.